The average molecular weight is 474 g/mol. The molecule has 0 bridgehead atoms. The average Bonchev–Trinajstić information content (AvgIpc) is 2.78. The largest absolute Gasteiger partial charge is 0.352 e. The summed E-state index contributed by atoms with van der Waals surface area (Å²) >= 11 is 0. The third kappa shape index (κ3) is 6.88. The highest BCUT2D eigenvalue weighted by Crippen LogP contribution is 2.18. The van der Waals surface area contributed by atoms with E-state index in [1.807, 2.05) is 52.0 Å². The van der Waals surface area contributed by atoms with E-state index in [-0.39, 0.29) is 29.9 Å². The van der Waals surface area contributed by atoms with E-state index in [1.54, 1.807) is 19.1 Å². The zero-order valence-corrected chi connectivity index (χ0v) is 21.1. The molecule has 2 aromatic carbocycles. The first-order chi connectivity index (χ1) is 15.5. The second-order valence-corrected chi connectivity index (χ2v) is 10.6. The van der Waals surface area contributed by atoms with Gasteiger partial charge in [0.15, 0.2) is 0 Å². The number of hydrogen-bond acceptors (Lipinski definition) is 4. The van der Waals surface area contributed by atoms with Crippen LogP contribution in [0.5, 0.6) is 0 Å². The molecule has 8 heteroatoms. The summed E-state index contributed by atoms with van der Waals surface area (Å²) < 4.78 is 27.0. The number of hydrogen-bond donors (Lipinski definition) is 1. The second kappa shape index (κ2) is 11.4. The third-order valence-corrected chi connectivity index (χ3v) is 7.67. The summed E-state index contributed by atoms with van der Waals surface area (Å²) in [5, 5.41) is 2.92. The Morgan fingerprint density at radius 1 is 1.00 bits per heavy atom. The van der Waals surface area contributed by atoms with Crippen LogP contribution in [0.25, 0.3) is 0 Å². The lowest BCUT2D eigenvalue weighted by molar-refractivity contribution is -0.140. The minimum absolute atomic E-state index is 0.0278. The molecule has 0 saturated heterocycles. The van der Waals surface area contributed by atoms with Crippen LogP contribution in [-0.4, -0.2) is 55.1 Å². The van der Waals surface area contributed by atoms with E-state index in [0.717, 1.165) is 27.4 Å². The molecule has 7 nitrogen and oxygen atoms in total. The van der Waals surface area contributed by atoms with Crippen molar-refractivity contribution >= 4 is 21.8 Å². The maximum atomic E-state index is 13.3. The Kier molecular flexibility index (Phi) is 9.19. The molecule has 0 saturated carbocycles. The van der Waals surface area contributed by atoms with Crippen LogP contribution >= 0.6 is 0 Å². The third-order valence-electron chi connectivity index (χ3n) is 5.86. The number of carbonyl (C=O) groups is 2. The van der Waals surface area contributed by atoms with Gasteiger partial charge in [0.1, 0.15) is 6.04 Å². The van der Waals surface area contributed by atoms with Crippen LogP contribution in [0.2, 0.25) is 0 Å². The number of carbonyl (C=O) groups excluding carboxylic acids is 2. The van der Waals surface area contributed by atoms with Crippen LogP contribution in [0.4, 0.5) is 0 Å². The van der Waals surface area contributed by atoms with Gasteiger partial charge in [0.2, 0.25) is 21.8 Å². The van der Waals surface area contributed by atoms with Crippen molar-refractivity contribution in [2.24, 2.45) is 0 Å². The molecule has 0 aromatic heterocycles. The van der Waals surface area contributed by atoms with Crippen LogP contribution in [-0.2, 0) is 26.2 Å². The summed E-state index contributed by atoms with van der Waals surface area (Å²) in [7, 11) is -2.47. The Labute approximate surface area is 197 Å². The number of amides is 2. The van der Waals surface area contributed by atoms with Crippen molar-refractivity contribution in [1.29, 1.82) is 0 Å². The van der Waals surface area contributed by atoms with Crippen molar-refractivity contribution in [2.45, 2.75) is 64.6 Å². The molecule has 0 fully saturated rings. The van der Waals surface area contributed by atoms with Gasteiger partial charge in [-0.05, 0) is 57.4 Å². The van der Waals surface area contributed by atoms with Crippen molar-refractivity contribution in [2.75, 3.05) is 13.6 Å². The number of rotatable bonds is 10. The molecule has 1 N–H and O–H groups in total. The van der Waals surface area contributed by atoms with Crippen LogP contribution in [0.1, 0.15) is 43.9 Å². The van der Waals surface area contributed by atoms with Gasteiger partial charge in [-0.15, -0.1) is 0 Å². The van der Waals surface area contributed by atoms with Crippen molar-refractivity contribution in [3.8, 4) is 0 Å². The molecule has 0 heterocycles. The summed E-state index contributed by atoms with van der Waals surface area (Å²) in [6.07, 6.45) is 0.766. The predicted octanol–water partition coefficient (Wildman–Crippen LogP) is 3.26. The van der Waals surface area contributed by atoms with Crippen LogP contribution in [0, 0.1) is 13.8 Å². The second-order valence-electron chi connectivity index (χ2n) is 8.52. The molecule has 0 aliphatic heterocycles. The van der Waals surface area contributed by atoms with Gasteiger partial charge in [-0.3, -0.25) is 9.59 Å². The Morgan fingerprint density at radius 3 is 2.18 bits per heavy atom. The Morgan fingerprint density at radius 2 is 1.61 bits per heavy atom. The number of sulfonamides is 1. The predicted molar refractivity (Wildman–Crippen MR) is 130 cm³/mol. The fraction of sp³-hybridized carbons (Fsp3) is 0.440. The molecule has 0 radical (unpaired) electrons. The molecule has 2 rings (SSSR count). The quantitative estimate of drug-likeness (QED) is 0.574. The van der Waals surface area contributed by atoms with Gasteiger partial charge < -0.3 is 10.2 Å². The lowest BCUT2D eigenvalue weighted by Crippen LogP contribution is -2.52. The van der Waals surface area contributed by atoms with Crippen LogP contribution < -0.4 is 5.32 Å². The van der Waals surface area contributed by atoms with Crippen molar-refractivity contribution < 1.29 is 18.0 Å². The molecule has 2 atom stereocenters. The molecule has 2 amide bonds. The first-order valence-electron chi connectivity index (χ1n) is 11.1. The molecule has 0 unspecified atom stereocenters. The molecule has 0 aliphatic rings. The molecule has 33 heavy (non-hydrogen) atoms. The van der Waals surface area contributed by atoms with Gasteiger partial charge in [-0.25, -0.2) is 8.42 Å². The zero-order chi connectivity index (χ0) is 24.8. The highest BCUT2D eigenvalue weighted by Gasteiger charge is 2.30. The lowest BCUT2D eigenvalue weighted by Gasteiger charge is -2.31. The number of nitrogens with one attached hydrogen (secondary N) is 1. The van der Waals surface area contributed by atoms with Gasteiger partial charge in [0.05, 0.1) is 11.4 Å². The summed E-state index contributed by atoms with van der Waals surface area (Å²) in [6, 6.07) is 13.3. The number of nitrogens with zero attached hydrogens (tertiary/aromatic N) is 2. The molecule has 0 spiro atoms. The van der Waals surface area contributed by atoms with Crippen molar-refractivity contribution in [1.82, 2.24) is 14.5 Å². The normalized spacial score (nSPS) is 13.4. The maximum absolute atomic E-state index is 13.3. The standard InChI is InChI=1S/C25H35N3O4S/c1-7-20(4)26-25(30)21(5)28(16-22-11-9-8-10-19(22)3)24(29)17-27(6)33(31,32)23-14-12-18(2)13-15-23/h8-15,20-21H,7,16-17H2,1-6H3,(H,26,30)/t20-,21-/m0/s1. The zero-order valence-electron chi connectivity index (χ0n) is 20.3. The van der Waals surface area contributed by atoms with E-state index in [1.165, 1.54) is 24.1 Å². The molecule has 2 aromatic rings. The summed E-state index contributed by atoms with van der Waals surface area (Å²) in [6.45, 7) is 9.19. The molecular weight excluding hydrogens is 438 g/mol. The van der Waals surface area contributed by atoms with Gasteiger partial charge in [0, 0.05) is 19.6 Å². The van der Waals surface area contributed by atoms with Crippen molar-refractivity contribution in [3.05, 3.63) is 65.2 Å². The lowest BCUT2D eigenvalue weighted by atomic mass is 10.1. The van der Waals surface area contributed by atoms with E-state index < -0.39 is 22.0 Å². The first kappa shape index (κ1) is 26.5. The summed E-state index contributed by atoms with van der Waals surface area (Å²) in [5.41, 5.74) is 2.83. The van der Waals surface area contributed by atoms with E-state index in [2.05, 4.69) is 5.32 Å². The van der Waals surface area contributed by atoms with E-state index in [4.69, 9.17) is 0 Å². The highest BCUT2D eigenvalue weighted by atomic mass is 32.2. The fourth-order valence-electron chi connectivity index (χ4n) is 3.28. The SMILES string of the molecule is CC[C@H](C)NC(=O)[C@H](C)N(Cc1ccccc1C)C(=O)CN(C)S(=O)(=O)c1ccc(C)cc1. The highest BCUT2D eigenvalue weighted by molar-refractivity contribution is 7.89. The number of likely N-dealkylation sites (N-methyl/N-ethyl adjacent to an activating group) is 1. The van der Waals surface area contributed by atoms with Gasteiger partial charge in [-0.1, -0.05) is 48.9 Å². The molecular formula is C25H35N3O4S. The van der Waals surface area contributed by atoms with Crippen LogP contribution in [0.15, 0.2) is 53.4 Å². The van der Waals surface area contributed by atoms with Gasteiger partial charge in [0.25, 0.3) is 0 Å². The first-order valence-corrected chi connectivity index (χ1v) is 12.6. The molecule has 180 valence electrons. The fourth-order valence-corrected chi connectivity index (χ4v) is 4.40. The number of aryl methyl sites for hydroxylation is 2. The maximum Gasteiger partial charge on any atom is 0.243 e. The van der Waals surface area contributed by atoms with Gasteiger partial charge in [-0.2, -0.15) is 4.31 Å². The van der Waals surface area contributed by atoms with Gasteiger partial charge >= 0.3 is 0 Å². The minimum atomic E-state index is -3.85. The van der Waals surface area contributed by atoms with E-state index in [0.29, 0.717) is 0 Å². The monoisotopic (exact) mass is 473 g/mol. The van der Waals surface area contributed by atoms with Crippen molar-refractivity contribution in [3.63, 3.8) is 0 Å². The Balaban J connectivity index is 2.29. The summed E-state index contributed by atoms with van der Waals surface area (Å²) in [4.78, 5) is 27.7. The minimum Gasteiger partial charge on any atom is -0.352 e. The smallest absolute Gasteiger partial charge is 0.243 e. The summed E-state index contributed by atoms with van der Waals surface area (Å²) in [5.74, 6) is -0.710. The topological polar surface area (TPSA) is 86.8 Å². The number of benzene rings is 2. The van der Waals surface area contributed by atoms with E-state index >= 15 is 0 Å². The Bertz CT molecular complexity index is 1070. The van der Waals surface area contributed by atoms with E-state index in [9.17, 15) is 18.0 Å². The van der Waals surface area contributed by atoms with Crippen LogP contribution in [0.3, 0.4) is 0 Å². The molecule has 0 aliphatic carbocycles. The Hall–Kier alpha value is -2.71.